The van der Waals surface area contributed by atoms with Crippen molar-refractivity contribution in [1.82, 2.24) is 9.47 Å². The number of allylic oxidation sites excluding steroid dienone is 1. The molecular weight excluding hydrogens is 336 g/mol. The van der Waals surface area contributed by atoms with Crippen molar-refractivity contribution in [3.63, 3.8) is 0 Å². The maximum Gasteiger partial charge on any atom is 0.203 e. The highest BCUT2D eigenvalue weighted by molar-refractivity contribution is 6.28. The van der Waals surface area contributed by atoms with E-state index >= 15 is 0 Å². The molecule has 2 atom stereocenters. The summed E-state index contributed by atoms with van der Waals surface area (Å²) in [5.41, 5.74) is 5.30. The van der Waals surface area contributed by atoms with E-state index in [0.717, 1.165) is 38.0 Å². The van der Waals surface area contributed by atoms with E-state index in [9.17, 15) is 5.26 Å². The van der Waals surface area contributed by atoms with Crippen LogP contribution in [0.25, 0.3) is 16.6 Å². The Labute approximate surface area is 159 Å². The molecule has 0 unspecified atom stereocenters. The number of para-hydroxylation sites is 1. The highest BCUT2D eigenvalue weighted by Gasteiger charge is 2.50. The average molecular weight is 360 g/mol. The summed E-state index contributed by atoms with van der Waals surface area (Å²) in [5, 5.41) is 15.2. The van der Waals surface area contributed by atoms with Crippen LogP contribution in [0.15, 0.2) is 35.5 Å². The molecule has 1 aromatic heterocycles. The summed E-state index contributed by atoms with van der Waals surface area (Å²) in [6.45, 7) is 4.56. The van der Waals surface area contributed by atoms with Crippen LogP contribution >= 0.6 is 0 Å². The Morgan fingerprint density at radius 1 is 1.37 bits per heavy atom. The Kier molecular flexibility index (Phi) is 3.66. The molecule has 1 saturated heterocycles. The maximum absolute atomic E-state index is 9.81. The van der Waals surface area contributed by atoms with Crippen molar-refractivity contribution in [2.45, 2.75) is 38.6 Å². The first-order chi connectivity index (χ1) is 13.2. The molecule has 1 aromatic carbocycles. The molecule has 0 spiro atoms. The molecule has 5 rings (SSSR count). The molecule has 3 aliphatic rings. The predicted octanol–water partition coefficient (Wildman–Crippen LogP) is 4.11. The monoisotopic (exact) mass is 360 g/mol. The number of oxime groups is 1. The highest BCUT2D eigenvalue weighted by atomic mass is 16.6. The summed E-state index contributed by atoms with van der Waals surface area (Å²) in [6.07, 6.45) is 6.81. The molecule has 0 amide bonds. The first-order valence-corrected chi connectivity index (χ1v) is 9.85. The van der Waals surface area contributed by atoms with Crippen LogP contribution in [0.2, 0.25) is 0 Å². The topological polar surface area (TPSA) is 53.5 Å². The molecule has 2 aromatic rings. The average Bonchev–Trinajstić information content (AvgIpc) is 3.06. The number of rotatable bonds is 3. The fourth-order valence-corrected chi connectivity index (χ4v) is 5.67. The van der Waals surface area contributed by atoms with Gasteiger partial charge in [-0.3, -0.25) is 4.90 Å². The van der Waals surface area contributed by atoms with Crippen molar-refractivity contribution in [3.05, 3.63) is 41.6 Å². The third-order valence-corrected chi connectivity index (χ3v) is 6.78. The van der Waals surface area contributed by atoms with Gasteiger partial charge in [0, 0.05) is 23.0 Å². The second-order valence-electron chi connectivity index (χ2n) is 7.86. The Bertz CT molecular complexity index is 1020. The number of aromatic nitrogens is 1. The molecule has 0 N–H and O–H groups in total. The zero-order valence-corrected chi connectivity index (χ0v) is 15.9. The second kappa shape index (κ2) is 5.97. The first kappa shape index (κ1) is 16.6. The molecule has 5 nitrogen and oxygen atoms in total. The van der Waals surface area contributed by atoms with Crippen LogP contribution in [-0.2, 0) is 11.3 Å². The smallest absolute Gasteiger partial charge is 0.203 e. The van der Waals surface area contributed by atoms with E-state index in [0.29, 0.717) is 11.8 Å². The van der Waals surface area contributed by atoms with E-state index in [1.54, 1.807) is 0 Å². The van der Waals surface area contributed by atoms with Gasteiger partial charge in [-0.2, -0.15) is 5.26 Å². The van der Waals surface area contributed by atoms with Crippen LogP contribution in [0.1, 0.15) is 43.5 Å². The number of hydrogen-bond donors (Lipinski definition) is 0. The molecule has 5 heteroatoms. The summed E-state index contributed by atoms with van der Waals surface area (Å²) in [4.78, 5) is 7.68. The predicted molar refractivity (Wildman–Crippen MR) is 106 cm³/mol. The third-order valence-electron chi connectivity index (χ3n) is 6.78. The zero-order chi connectivity index (χ0) is 18.6. The van der Waals surface area contributed by atoms with Gasteiger partial charge in [-0.15, -0.1) is 0 Å². The van der Waals surface area contributed by atoms with Crippen LogP contribution in [-0.4, -0.2) is 35.4 Å². The molecule has 0 saturated carbocycles. The molecule has 3 aliphatic heterocycles. The molecular formula is C22H24N4O. The molecule has 0 radical (unpaired) electrons. The number of hydrogen-bond acceptors (Lipinski definition) is 4. The van der Waals surface area contributed by atoms with Gasteiger partial charge in [-0.25, -0.2) is 0 Å². The standard InChI is InChI=1S/C22H24N4O/c1-3-22-10-6-11-25-12-9-16-15-7-4-5-8-18(15)26(20(16)21(22)25)19(13-22)17(14-23)24-27-2/h4-5,7-8,13,21H,3,6,9-12H2,1-2H3/b24-17+/t21-,22+/m1/s1. The summed E-state index contributed by atoms with van der Waals surface area (Å²) < 4.78 is 2.29. The lowest BCUT2D eigenvalue weighted by molar-refractivity contribution is 0.0273. The number of nitriles is 1. The van der Waals surface area contributed by atoms with Gasteiger partial charge < -0.3 is 9.40 Å². The Morgan fingerprint density at radius 2 is 2.22 bits per heavy atom. The number of piperidine rings is 1. The van der Waals surface area contributed by atoms with Gasteiger partial charge in [0.25, 0.3) is 0 Å². The molecule has 0 bridgehead atoms. The Hall–Kier alpha value is -2.58. The number of fused-ring (bicyclic) bond motifs is 3. The molecule has 138 valence electrons. The van der Waals surface area contributed by atoms with Crippen molar-refractivity contribution < 1.29 is 4.84 Å². The zero-order valence-electron chi connectivity index (χ0n) is 15.9. The summed E-state index contributed by atoms with van der Waals surface area (Å²) in [6, 6.07) is 11.2. The van der Waals surface area contributed by atoms with Crippen molar-refractivity contribution in [1.29, 1.82) is 5.26 Å². The summed E-state index contributed by atoms with van der Waals surface area (Å²) >= 11 is 0. The van der Waals surface area contributed by atoms with Crippen LogP contribution < -0.4 is 0 Å². The van der Waals surface area contributed by atoms with E-state index in [-0.39, 0.29) is 5.41 Å². The van der Waals surface area contributed by atoms with Crippen molar-refractivity contribution in [3.8, 4) is 6.07 Å². The van der Waals surface area contributed by atoms with E-state index < -0.39 is 0 Å². The van der Waals surface area contributed by atoms with Crippen molar-refractivity contribution >= 4 is 22.3 Å². The largest absolute Gasteiger partial charge is 0.398 e. The molecule has 1 fully saturated rings. The van der Waals surface area contributed by atoms with Gasteiger partial charge in [0.2, 0.25) is 5.71 Å². The minimum atomic E-state index is 0.0541. The van der Waals surface area contributed by atoms with Gasteiger partial charge in [0.05, 0.1) is 17.3 Å². The van der Waals surface area contributed by atoms with Gasteiger partial charge in [0.15, 0.2) is 0 Å². The Morgan fingerprint density at radius 3 is 3.00 bits per heavy atom. The lowest BCUT2D eigenvalue weighted by atomic mass is 9.66. The minimum absolute atomic E-state index is 0.0541. The number of nitrogens with zero attached hydrogens (tertiary/aromatic N) is 4. The van der Waals surface area contributed by atoms with Crippen LogP contribution in [0.4, 0.5) is 0 Å². The quantitative estimate of drug-likeness (QED) is 0.611. The summed E-state index contributed by atoms with van der Waals surface area (Å²) in [5.74, 6) is 0. The van der Waals surface area contributed by atoms with E-state index in [4.69, 9.17) is 4.84 Å². The lowest BCUT2D eigenvalue weighted by Gasteiger charge is -2.53. The van der Waals surface area contributed by atoms with E-state index in [1.807, 2.05) is 0 Å². The fourth-order valence-electron chi connectivity index (χ4n) is 5.67. The molecule has 27 heavy (non-hydrogen) atoms. The SMILES string of the molecule is CC[C@@]12C=C(/C(C#N)=N/OC)n3c4c(c5ccccc53)CCN(CCC1)[C@H]42. The second-order valence-corrected chi connectivity index (χ2v) is 7.86. The highest BCUT2D eigenvalue weighted by Crippen LogP contribution is 2.57. The normalized spacial score (nSPS) is 27.1. The van der Waals surface area contributed by atoms with E-state index in [1.165, 1.54) is 35.7 Å². The third kappa shape index (κ3) is 2.11. The Balaban J connectivity index is 1.89. The van der Waals surface area contributed by atoms with Gasteiger partial charge >= 0.3 is 0 Å². The molecule has 0 aliphatic carbocycles. The molecule has 4 heterocycles. The van der Waals surface area contributed by atoms with Gasteiger partial charge in [-0.1, -0.05) is 30.3 Å². The first-order valence-electron chi connectivity index (χ1n) is 9.85. The van der Waals surface area contributed by atoms with Crippen molar-refractivity contribution in [2.75, 3.05) is 20.2 Å². The summed E-state index contributed by atoms with van der Waals surface area (Å²) in [7, 11) is 1.50. The van der Waals surface area contributed by atoms with Crippen LogP contribution in [0.3, 0.4) is 0 Å². The lowest BCUT2D eigenvalue weighted by Crippen LogP contribution is -2.51. The van der Waals surface area contributed by atoms with Crippen LogP contribution in [0, 0.1) is 16.7 Å². The maximum atomic E-state index is 9.81. The van der Waals surface area contributed by atoms with E-state index in [2.05, 4.69) is 58.0 Å². The fraction of sp³-hybridized carbons (Fsp3) is 0.455. The number of benzene rings is 1. The van der Waals surface area contributed by atoms with Gasteiger partial charge in [-0.05, 0) is 49.9 Å². The van der Waals surface area contributed by atoms with Crippen molar-refractivity contribution in [2.24, 2.45) is 10.6 Å². The minimum Gasteiger partial charge on any atom is -0.398 e. The van der Waals surface area contributed by atoms with Crippen LogP contribution in [0.5, 0.6) is 0 Å². The van der Waals surface area contributed by atoms with Gasteiger partial charge in [0.1, 0.15) is 13.2 Å².